The van der Waals surface area contributed by atoms with Crippen LogP contribution in [0.5, 0.6) is 11.5 Å². The SMILES string of the molecule is COc1cc2nc(N(C)CCCNC(=O)C3CCCO3)nc(N)c2cc1OC.O=C(O)CCC(=O)O. The number of nitrogens with zero attached hydrogens (tertiary/aromatic N) is 3. The van der Waals surface area contributed by atoms with Crippen molar-refractivity contribution in [3.8, 4) is 11.5 Å². The molecular formula is C23H33N5O8. The van der Waals surface area contributed by atoms with E-state index in [2.05, 4.69) is 15.3 Å². The molecule has 1 amide bonds. The predicted octanol–water partition coefficient (Wildman–Crippen LogP) is 1.29. The summed E-state index contributed by atoms with van der Waals surface area (Å²) in [5, 5.41) is 19.4. The summed E-state index contributed by atoms with van der Waals surface area (Å²) in [7, 11) is 5.04. The van der Waals surface area contributed by atoms with Crippen LogP contribution in [0.4, 0.5) is 11.8 Å². The van der Waals surface area contributed by atoms with E-state index in [9.17, 15) is 14.4 Å². The number of hydrogen-bond acceptors (Lipinski definition) is 10. The minimum absolute atomic E-state index is 0.0348. The maximum atomic E-state index is 12.0. The molecule has 198 valence electrons. The second-order valence-corrected chi connectivity index (χ2v) is 7.99. The van der Waals surface area contributed by atoms with Crippen LogP contribution in [0.2, 0.25) is 0 Å². The number of hydrogen-bond donors (Lipinski definition) is 4. The minimum atomic E-state index is -1.08. The smallest absolute Gasteiger partial charge is 0.303 e. The highest BCUT2D eigenvalue weighted by atomic mass is 16.5. The average molecular weight is 508 g/mol. The van der Waals surface area contributed by atoms with Crippen LogP contribution in [0.1, 0.15) is 32.1 Å². The zero-order valence-electron chi connectivity index (χ0n) is 20.7. The standard InChI is InChI=1S/C19H27N5O4.C4H6O4/c1-24(8-5-7-21-18(25)14-6-4-9-28-14)19-22-13-11-16(27-3)15(26-2)10-12(13)17(20)23-19;5-3(6)1-2-4(7)8/h10-11,14H,4-9H2,1-3H3,(H,21,25)(H2,20,22,23);1-2H2,(H,5,6)(H,7,8). The van der Waals surface area contributed by atoms with Gasteiger partial charge in [-0.1, -0.05) is 0 Å². The van der Waals surface area contributed by atoms with E-state index >= 15 is 0 Å². The monoisotopic (exact) mass is 507 g/mol. The molecule has 3 rings (SSSR count). The number of aromatic nitrogens is 2. The number of amides is 1. The average Bonchev–Trinajstić information content (AvgIpc) is 3.40. The molecule has 1 aliphatic rings. The fraction of sp³-hybridized carbons (Fsp3) is 0.522. The van der Waals surface area contributed by atoms with Crippen LogP contribution in [0, 0.1) is 0 Å². The van der Waals surface area contributed by atoms with Crippen LogP contribution in [0.15, 0.2) is 12.1 Å². The molecule has 1 unspecified atom stereocenters. The lowest BCUT2D eigenvalue weighted by molar-refractivity contribution is -0.143. The molecule has 1 saturated heterocycles. The van der Waals surface area contributed by atoms with Gasteiger partial charge in [-0.05, 0) is 25.3 Å². The summed E-state index contributed by atoms with van der Waals surface area (Å²) in [6.45, 7) is 1.90. The first-order chi connectivity index (χ1) is 17.2. The number of nitrogens with one attached hydrogen (secondary N) is 1. The van der Waals surface area contributed by atoms with Crippen LogP contribution in [-0.4, -0.2) is 85.1 Å². The molecule has 2 heterocycles. The quantitative estimate of drug-likeness (QED) is 0.320. The maximum absolute atomic E-state index is 12.0. The van der Waals surface area contributed by atoms with Gasteiger partial charge in [-0.15, -0.1) is 0 Å². The van der Waals surface area contributed by atoms with Gasteiger partial charge in [0.25, 0.3) is 0 Å². The van der Waals surface area contributed by atoms with Crippen molar-refractivity contribution in [1.29, 1.82) is 0 Å². The number of carboxylic acid groups (broad SMARTS) is 2. The number of anilines is 2. The highest BCUT2D eigenvalue weighted by molar-refractivity contribution is 5.91. The second kappa shape index (κ2) is 13.9. The Kier molecular flexibility index (Phi) is 10.9. The summed E-state index contributed by atoms with van der Waals surface area (Å²) < 4.78 is 16.0. The number of carbonyl (C=O) groups excluding carboxylic acids is 1. The van der Waals surface area contributed by atoms with Gasteiger partial charge in [0.05, 0.1) is 32.6 Å². The Bertz CT molecular complexity index is 1040. The first kappa shape index (κ1) is 28.4. The molecule has 1 aliphatic heterocycles. The topological polar surface area (TPSA) is 186 Å². The third-order valence-electron chi connectivity index (χ3n) is 5.30. The molecule has 1 aromatic carbocycles. The number of methoxy groups -OCH3 is 2. The van der Waals surface area contributed by atoms with Crippen LogP contribution in [0.25, 0.3) is 10.9 Å². The third-order valence-corrected chi connectivity index (χ3v) is 5.30. The molecule has 2 aromatic rings. The van der Waals surface area contributed by atoms with E-state index in [0.29, 0.717) is 53.9 Å². The van der Waals surface area contributed by atoms with Crippen molar-refractivity contribution in [1.82, 2.24) is 15.3 Å². The first-order valence-corrected chi connectivity index (χ1v) is 11.4. The van der Waals surface area contributed by atoms with Crippen molar-refractivity contribution in [2.75, 3.05) is 51.6 Å². The molecule has 36 heavy (non-hydrogen) atoms. The number of rotatable bonds is 11. The molecule has 1 atom stereocenters. The van der Waals surface area contributed by atoms with E-state index in [1.807, 2.05) is 11.9 Å². The number of fused-ring (bicyclic) bond motifs is 1. The zero-order chi connectivity index (χ0) is 26.7. The molecule has 0 aliphatic carbocycles. The number of nitrogen functional groups attached to an aromatic ring is 1. The van der Waals surface area contributed by atoms with Crippen molar-refractivity contribution >= 4 is 40.5 Å². The third kappa shape index (κ3) is 8.41. The Labute approximate surface area is 208 Å². The molecule has 0 radical (unpaired) electrons. The molecule has 0 bridgehead atoms. The summed E-state index contributed by atoms with van der Waals surface area (Å²) in [5.41, 5.74) is 6.81. The van der Waals surface area contributed by atoms with Gasteiger partial charge in [0, 0.05) is 38.2 Å². The second-order valence-electron chi connectivity index (χ2n) is 7.99. The van der Waals surface area contributed by atoms with Crippen molar-refractivity contribution in [3.05, 3.63) is 12.1 Å². The highest BCUT2D eigenvalue weighted by Crippen LogP contribution is 2.33. The molecule has 5 N–H and O–H groups in total. The van der Waals surface area contributed by atoms with Gasteiger partial charge in [0.2, 0.25) is 11.9 Å². The van der Waals surface area contributed by atoms with Crippen molar-refractivity contribution in [2.24, 2.45) is 0 Å². The van der Waals surface area contributed by atoms with Gasteiger partial charge in [-0.3, -0.25) is 14.4 Å². The van der Waals surface area contributed by atoms with Gasteiger partial charge in [0.1, 0.15) is 11.9 Å². The van der Waals surface area contributed by atoms with E-state index in [1.54, 1.807) is 26.4 Å². The van der Waals surface area contributed by atoms with Crippen LogP contribution in [0.3, 0.4) is 0 Å². The molecule has 1 aromatic heterocycles. The van der Waals surface area contributed by atoms with Crippen molar-refractivity contribution in [3.63, 3.8) is 0 Å². The van der Waals surface area contributed by atoms with Gasteiger partial charge < -0.3 is 40.4 Å². The van der Waals surface area contributed by atoms with E-state index < -0.39 is 11.9 Å². The lowest BCUT2D eigenvalue weighted by Crippen LogP contribution is -2.36. The summed E-state index contributed by atoms with van der Waals surface area (Å²) in [6.07, 6.45) is 1.60. The predicted molar refractivity (Wildman–Crippen MR) is 131 cm³/mol. The first-order valence-electron chi connectivity index (χ1n) is 11.4. The molecule has 0 saturated carbocycles. The van der Waals surface area contributed by atoms with Crippen molar-refractivity contribution < 1.29 is 38.8 Å². The Balaban J connectivity index is 0.000000493. The van der Waals surface area contributed by atoms with E-state index in [4.69, 9.17) is 30.2 Å². The van der Waals surface area contributed by atoms with E-state index in [0.717, 1.165) is 19.3 Å². The molecule has 1 fully saturated rings. The Morgan fingerprint density at radius 3 is 2.33 bits per heavy atom. The lowest BCUT2D eigenvalue weighted by atomic mass is 10.2. The largest absolute Gasteiger partial charge is 0.493 e. The number of ether oxygens (including phenoxy) is 3. The Hall–Kier alpha value is -3.87. The fourth-order valence-corrected chi connectivity index (χ4v) is 3.38. The number of carboxylic acids is 2. The molecule has 13 heteroatoms. The number of benzene rings is 1. The maximum Gasteiger partial charge on any atom is 0.303 e. The van der Waals surface area contributed by atoms with Crippen LogP contribution in [-0.2, 0) is 19.1 Å². The van der Waals surface area contributed by atoms with Crippen LogP contribution < -0.4 is 25.4 Å². The Morgan fingerprint density at radius 1 is 1.14 bits per heavy atom. The summed E-state index contributed by atoms with van der Waals surface area (Å²) >= 11 is 0. The van der Waals surface area contributed by atoms with Gasteiger partial charge in [0.15, 0.2) is 11.5 Å². The number of aliphatic carboxylic acids is 2. The number of carbonyl (C=O) groups is 3. The van der Waals surface area contributed by atoms with Crippen molar-refractivity contribution in [2.45, 2.75) is 38.2 Å². The molecule has 13 nitrogen and oxygen atoms in total. The highest BCUT2D eigenvalue weighted by Gasteiger charge is 2.23. The lowest BCUT2D eigenvalue weighted by Gasteiger charge is -2.19. The molecular weight excluding hydrogens is 474 g/mol. The normalized spacial score (nSPS) is 14.5. The van der Waals surface area contributed by atoms with E-state index in [1.165, 1.54) is 0 Å². The fourth-order valence-electron chi connectivity index (χ4n) is 3.38. The zero-order valence-corrected chi connectivity index (χ0v) is 20.7. The van der Waals surface area contributed by atoms with Gasteiger partial charge >= 0.3 is 11.9 Å². The Morgan fingerprint density at radius 2 is 1.78 bits per heavy atom. The summed E-state index contributed by atoms with van der Waals surface area (Å²) in [4.78, 5) is 42.1. The number of nitrogens with two attached hydrogens (primary N) is 1. The molecule has 0 spiro atoms. The van der Waals surface area contributed by atoms with E-state index in [-0.39, 0.29) is 24.9 Å². The summed E-state index contributed by atoms with van der Waals surface area (Å²) in [6, 6.07) is 3.55. The summed E-state index contributed by atoms with van der Waals surface area (Å²) in [5.74, 6) is -0.138. The minimum Gasteiger partial charge on any atom is -0.493 e. The van der Waals surface area contributed by atoms with Gasteiger partial charge in [-0.2, -0.15) is 4.98 Å². The van der Waals surface area contributed by atoms with Gasteiger partial charge in [-0.25, -0.2) is 4.98 Å². The van der Waals surface area contributed by atoms with Crippen LogP contribution >= 0.6 is 0 Å².